The van der Waals surface area contributed by atoms with Crippen molar-refractivity contribution in [2.24, 2.45) is 0 Å². The van der Waals surface area contributed by atoms with Gasteiger partial charge in [0, 0.05) is 6.42 Å². The number of allylic oxidation sites excluding steroid dienone is 9. The SMILES string of the molecule is CC/C=C\C/C=C\C/C=C\C/C=C\CCCCCCC(=O)NC(COP(=O)(O)OCC[N+](C)(C)C)C(O)/C=C/CCCCCCCCCCCCC. The van der Waals surface area contributed by atoms with Crippen molar-refractivity contribution in [3.05, 3.63) is 60.8 Å². The molecule has 0 aromatic carbocycles. The fourth-order valence-electron chi connectivity index (χ4n) is 5.44. The second-order valence-electron chi connectivity index (χ2n) is 15.0. The molecular formula is C43H80N2O6P+. The molecule has 0 heterocycles. The number of hydrogen-bond acceptors (Lipinski definition) is 5. The summed E-state index contributed by atoms with van der Waals surface area (Å²) in [6.45, 7) is 4.65. The highest BCUT2D eigenvalue weighted by Gasteiger charge is 2.27. The zero-order chi connectivity index (χ0) is 38.6. The van der Waals surface area contributed by atoms with Crippen LogP contribution < -0.4 is 5.32 Å². The van der Waals surface area contributed by atoms with E-state index in [0.717, 1.165) is 77.0 Å². The van der Waals surface area contributed by atoms with Gasteiger partial charge in [-0.1, -0.05) is 152 Å². The van der Waals surface area contributed by atoms with E-state index in [1.807, 2.05) is 27.2 Å². The molecule has 0 fully saturated rings. The minimum absolute atomic E-state index is 0.0536. The largest absolute Gasteiger partial charge is 0.472 e. The molecule has 52 heavy (non-hydrogen) atoms. The van der Waals surface area contributed by atoms with Gasteiger partial charge in [0.1, 0.15) is 13.2 Å². The quantitative estimate of drug-likeness (QED) is 0.0255. The van der Waals surface area contributed by atoms with E-state index in [1.165, 1.54) is 57.8 Å². The Morgan fingerprint density at radius 2 is 1.15 bits per heavy atom. The number of phosphoric acid groups is 1. The molecule has 3 N–H and O–H groups in total. The number of carbonyl (C=O) groups excluding carboxylic acids is 1. The summed E-state index contributed by atoms with van der Waals surface area (Å²) in [5.41, 5.74) is 0. The van der Waals surface area contributed by atoms with Crippen molar-refractivity contribution in [3.8, 4) is 0 Å². The van der Waals surface area contributed by atoms with E-state index in [9.17, 15) is 19.4 Å². The second-order valence-corrected chi connectivity index (χ2v) is 16.4. The minimum Gasteiger partial charge on any atom is -0.387 e. The number of quaternary nitrogens is 1. The van der Waals surface area contributed by atoms with E-state index in [4.69, 9.17) is 9.05 Å². The Morgan fingerprint density at radius 1 is 0.673 bits per heavy atom. The molecule has 0 aliphatic heterocycles. The van der Waals surface area contributed by atoms with Crippen LogP contribution in [0.2, 0.25) is 0 Å². The van der Waals surface area contributed by atoms with Gasteiger partial charge in [-0.25, -0.2) is 4.57 Å². The van der Waals surface area contributed by atoms with Crippen molar-refractivity contribution in [1.29, 1.82) is 0 Å². The first kappa shape index (κ1) is 50.2. The molecule has 0 saturated carbocycles. The van der Waals surface area contributed by atoms with Gasteiger partial charge >= 0.3 is 7.82 Å². The lowest BCUT2D eigenvalue weighted by atomic mass is 10.0. The maximum absolute atomic E-state index is 12.8. The molecule has 8 nitrogen and oxygen atoms in total. The topological polar surface area (TPSA) is 105 Å². The minimum atomic E-state index is -4.34. The molecule has 1 amide bonds. The van der Waals surface area contributed by atoms with Crippen molar-refractivity contribution in [3.63, 3.8) is 0 Å². The average molecular weight is 752 g/mol. The van der Waals surface area contributed by atoms with Crippen LogP contribution in [0.1, 0.15) is 155 Å². The van der Waals surface area contributed by atoms with Crippen molar-refractivity contribution >= 4 is 13.7 Å². The Hall–Kier alpha value is -1.80. The molecule has 0 aromatic heterocycles. The molecule has 0 aromatic rings. The molecular weight excluding hydrogens is 671 g/mol. The summed E-state index contributed by atoms with van der Waals surface area (Å²) in [6, 6.07) is -0.860. The number of phosphoric ester groups is 1. The van der Waals surface area contributed by atoms with Crippen LogP contribution in [0.3, 0.4) is 0 Å². The number of likely N-dealkylation sites (N-methyl/N-ethyl adjacent to an activating group) is 1. The normalized spacial score (nSPS) is 15.1. The summed E-state index contributed by atoms with van der Waals surface area (Å²) < 4.78 is 23.5. The van der Waals surface area contributed by atoms with Crippen molar-refractivity contribution < 1.29 is 32.9 Å². The van der Waals surface area contributed by atoms with Gasteiger partial charge in [0.05, 0.1) is 39.9 Å². The number of unbranched alkanes of at least 4 members (excludes halogenated alkanes) is 15. The molecule has 0 rings (SSSR count). The summed E-state index contributed by atoms with van der Waals surface area (Å²) in [7, 11) is 1.54. The number of nitrogens with zero attached hydrogens (tertiary/aromatic N) is 1. The molecule has 3 atom stereocenters. The van der Waals surface area contributed by atoms with Crippen LogP contribution in [0.25, 0.3) is 0 Å². The lowest BCUT2D eigenvalue weighted by Gasteiger charge is -2.25. The lowest BCUT2D eigenvalue weighted by Crippen LogP contribution is -2.45. The van der Waals surface area contributed by atoms with Gasteiger partial charge in [-0.15, -0.1) is 0 Å². The van der Waals surface area contributed by atoms with Crippen LogP contribution in [0, 0.1) is 0 Å². The Bertz CT molecular complexity index is 1030. The van der Waals surface area contributed by atoms with Gasteiger partial charge in [0.25, 0.3) is 0 Å². The zero-order valence-electron chi connectivity index (χ0n) is 34.0. The summed E-state index contributed by atoms with van der Waals surface area (Å²) in [4.78, 5) is 23.0. The predicted octanol–water partition coefficient (Wildman–Crippen LogP) is 11.1. The summed E-state index contributed by atoms with van der Waals surface area (Å²) in [5.74, 6) is -0.205. The number of amides is 1. The van der Waals surface area contributed by atoms with Crippen LogP contribution in [-0.2, 0) is 18.4 Å². The Kier molecular flexibility index (Phi) is 33.7. The third-order valence-electron chi connectivity index (χ3n) is 8.74. The van der Waals surface area contributed by atoms with Gasteiger partial charge in [-0.2, -0.15) is 0 Å². The van der Waals surface area contributed by atoms with Crippen molar-refractivity contribution in [2.45, 2.75) is 167 Å². The van der Waals surface area contributed by atoms with E-state index >= 15 is 0 Å². The van der Waals surface area contributed by atoms with Crippen LogP contribution in [-0.4, -0.2) is 73.4 Å². The standard InChI is InChI=1S/C43H79N2O6P/c1-6-8-10-12-14-16-18-20-21-22-23-25-27-29-31-33-35-37-43(47)44-41(40-51-52(48,49)50-39-38-45(3,4)5)42(46)36-34-32-30-28-26-24-19-17-15-13-11-9-7-2/h8,10,14,16,20-21,23,25,34,36,41-42,46H,6-7,9,11-13,15,17-19,22,24,26-33,35,37-40H2,1-5H3,(H-,44,47,48,49)/p+1/b10-8-,16-14-,21-20-,25-23-,36-34+. The molecule has 3 unspecified atom stereocenters. The van der Waals surface area contributed by atoms with Gasteiger partial charge < -0.3 is 19.8 Å². The monoisotopic (exact) mass is 752 g/mol. The van der Waals surface area contributed by atoms with Crippen LogP contribution >= 0.6 is 7.82 Å². The third kappa shape index (κ3) is 36.6. The van der Waals surface area contributed by atoms with Crippen molar-refractivity contribution in [2.75, 3.05) is 40.9 Å². The molecule has 0 spiro atoms. The van der Waals surface area contributed by atoms with E-state index < -0.39 is 20.0 Å². The second kappa shape index (κ2) is 34.9. The number of hydrogen-bond donors (Lipinski definition) is 3. The molecule has 0 saturated heterocycles. The lowest BCUT2D eigenvalue weighted by molar-refractivity contribution is -0.870. The number of nitrogens with one attached hydrogen (secondary N) is 1. The first-order valence-corrected chi connectivity index (χ1v) is 22.2. The molecule has 0 aliphatic carbocycles. The summed E-state index contributed by atoms with van der Waals surface area (Å²) in [6.07, 6.45) is 44.2. The zero-order valence-corrected chi connectivity index (χ0v) is 34.9. The predicted molar refractivity (Wildman–Crippen MR) is 221 cm³/mol. The fraction of sp³-hybridized carbons (Fsp3) is 0.744. The Balaban J connectivity index is 4.54. The number of aliphatic hydroxyl groups is 1. The number of carbonyl (C=O) groups is 1. The highest BCUT2D eigenvalue weighted by molar-refractivity contribution is 7.47. The fourth-order valence-corrected chi connectivity index (χ4v) is 6.18. The van der Waals surface area contributed by atoms with Gasteiger partial charge in [-0.3, -0.25) is 13.8 Å². The molecule has 0 bridgehead atoms. The smallest absolute Gasteiger partial charge is 0.387 e. The van der Waals surface area contributed by atoms with Crippen molar-refractivity contribution in [1.82, 2.24) is 5.32 Å². The Morgan fingerprint density at radius 3 is 1.69 bits per heavy atom. The van der Waals surface area contributed by atoms with E-state index in [1.54, 1.807) is 6.08 Å². The van der Waals surface area contributed by atoms with Crippen LogP contribution in [0.5, 0.6) is 0 Å². The maximum Gasteiger partial charge on any atom is 0.472 e. The molecule has 302 valence electrons. The number of aliphatic hydroxyl groups excluding tert-OH is 1. The van der Waals surface area contributed by atoms with E-state index in [0.29, 0.717) is 17.4 Å². The van der Waals surface area contributed by atoms with E-state index in [2.05, 4.69) is 67.8 Å². The molecule has 0 radical (unpaired) electrons. The van der Waals surface area contributed by atoms with Gasteiger partial charge in [0.2, 0.25) is 5.91 Å². The third-order valence-corrected chi connectivity index (χ3v) is 9.73. The van der Waals surface area contributed by atoms with Crippen LogP contribution in [0.15, 0.2) is 60.8 Å². The first-order chi connectivity index (χ1) is 25.0. The highest BCUT2D eigenvalue weighted by Crippen LogP contribution is 2.43. The molecule has 0 aliphatic rings. The summed E-state index contributed by atoms with van der Waals surface area (Å²) in [5, 5.41) is 13.8. The summed E-state index contributed by atoms with van der Waals surface area (Å²) >= 11 is 0. The van der Waals surface area contributed by atoms with Crippen LogP contribution in [0.4, 0.5) is 0 Å². The molecule has 9 heteroatoms. The highest BCUT2D eigenvalue weighted by atomic mass is 31.2. The van der Waals surface area contributed by atoms with Gasteiger partial charge in [-0.05, 0) is 57.8 Å². The average Bonchev–Trinajstić information content (AvgIpc) is 3.09. The first-order valence-electron chi connectivity index (χ1n) is 20.7. The van der Waals surface area contributed by atoms with E-state index in [-0.39, 0.29) is 19.1 Å². The maximum atomic E-state index is 12.8. The Labute approximate surface area is 320 Å². The van der Waals surface area contributed by atoms with Gasteiger partial charge in [0.15, 0.2) is 0 Å². The number of rotatable bonds is 36.